The van der Waals surface area contributed by atoms with Crippen molar-refractivity contribution in [3.8, 4) is 5.75 Å². The lowest BCUT2D eigenvalue weighted by molar-refractivity contribution is -0.274. The van der Waals surface area contributed by atoms with Gasteiger partial charge in [-0.15, -0.1) is 13.2 Å². The normalized spacial score (nSPS) is 29.4. The zero-order chi connectivity index (χ0) is 18.9. The van der Waals surface area contributed by atoms with Crippen LogP contribution in [0.25, 0.3) is 0 Å². The molecule has 0 unspecified atom stereocenters. The van der Waals surface area contributed by atoms with Crippen molar-refractivity contribution in [3.63, 3.8) is 0 Å². The van der Waals surface area contributed by atoms with Crippen LogP contribution in [-0.4, -0.2) is 42.7 Å². The van der Waals surface area contributed by atoms with Gasteiger partial charge in [0.2, 0.25) is 5.91 Å². The average Bonchev–Trinajstić information content (AvgIpc) is 2.88. The minimum absolute atomic E-state index is 0.0569. The summed E-state index contributed by atoms with van der Waals surface area (Å²) in [5, 5.41) is 10.1. The van der Waals surface area contributed by atoms with Crippen LogP contribution in [0.5, 0.6) is 5.75 Å². The second kappa shape index (κ2) is 7.08. The molecule has 0 aromatic heterocycles. The fraction of sp³-hybridized carbons (Fsp3) is 0.611. The second-order valence-electron chi connectivity index (χ2n) is 6.83. The second-order valence-corrected chi connectivity index (χ2v) is 6.83. The Bertz CT molecular complexity index is 649. The van der Waals surface area contributed by atoms with Crippen molar-refractivity contribution < 1.29 is 32.5 Å². The summed E-state index contributed by atoms with van der Waals surface area (Å²) in [6, 6.07) is 5.31. The maximum atomic E-state index is 13.0. The molecule has 0 radical (unpaired) electrons. The van der Waals surface area contributed by atoms with Gasteiger partial charge in [-0.3, -0.25) is 4.79 Å². The molecule has 144 valence electrons. The largest absolute Gasteiger partial charge is 0.573 e. The summed E-state index contributed by atoms with van der Waals surface area (Å²) in [4.78, 5) is 14.6. The molecule has 5 nitrogen and oxygen atoms in total. The SMILES string of the molecule is CCO[C@H]1C[C@@]2(CC[C@@H]1O)CCN(c1ccc(OC(F)(F)F)cc1)C2=O. The number of benzene rings is 1. The molecule has 1 aromatic carbocycles. The fourth-order valence-corrected chi connectivity index (χ4v) is 3.93. The molecule has 1 aliphatic heterocycles. The quantitative estimate of drug-likeness (QED) is 0.880. The number of carbonyl (C=O) groups excluding carboxylic acids is 1. The summed E-state index contributed by atoms with van der Waals surface area (Å²) in [7, 11) is 0. The van der Waals surface area contributed by atoms with E-state index < -0.39 is 17.9 Å². The third kappa shape index (κ3) is 3.81. The Morgan fingerprint density at radius 3 is 2.58 bits per heavy atom. The Kier molecular flexibility index (Phi) is 5.16. The highest BCUT2D eigenvalue weighted by Gasteiger charge is 2.51. The van der Waals surface area contributed by atoms with E-state index in [0.717, 1.165) is 0 Å². The van der Waals surface area contributed by atoms with Crippen LogP contribution in [0.3, 0.4) is 0 Å². The summed E-state index contributed by atoms with van der Waals surface area (Å²) in [5.41, 5.74) is -0.0271. The number of anilines is 1. The topological polar surface area (TPSA) is 59.0 Å². The number of amides is 1. The van der Waals surface area contributed by atoms with Gasteiger partial charge < -0.3 is 19.5 Å². The third-order valence-corrected chi connectivity index (χ3v) is 5.22. The number of nitrogens with zero attached hydrogens (tertiary/aromatic N) is 1. The molecule has 1 heterocycles. The van der Waals surface area contributed by atoms with Gasteiger partial charge in [-0.05, 0) is 56.9 Å². The van der Waals surface area contributed by atoms with E-state index in [2.05, 4.69) is 4.74 Å². The van der Waals surface area contributed by atoms with Crippen molar-refractivity contribution in [2.45, 2.75) is 51.2 Å². The lowest BCUT2D eigenvalue weighted by Crippen LogP contribution is -2.46. The number of hydrogen-bond acceptors (Lipinski definition) is 4. The Labute approximate surface area is 149 Å². The Balaban J connectivity index is 1.73. The summed E-state index contributed by atoms with van der Waals surface area (Å²) in [6.07, 6.45) is -3.48. The first-order valence-corrected chi connectivity index (χ1v) is 8.71. The summed E-state index contributed by atoms with van der Waals surface area (Å²) < 4.78 is 46.2. The van der Waals surface area contributed by atoms with Crippen molar-refractivity contribution in [1.82, 2.24) is 0 Å². The number of carbonyl (C=O) groups is 1. The molecule has 26 heavy (non-hydrogen) atoms. The number of halogens is 3. The van der Waals surface area contributed by atoms with E-state index in [0.29, 0.717) is 44.5 Å². The minimum atomic E-state index is -4.74. The van der Waals surface area contributed by atoms with Gasteiger partial charge >= 0.3 is 6.36 Å². The Morgan fingerprint density at radius 2 is 1.96 bits per heavy atom. The lowest BCUT2D eigenvalue weighted by atomic mass is 9.70. The maximum Gasteiger partial charge on any atom is 0.573 e. The summed E-state index contributed by atoms with van der Waals surface area (Å²) in [6.45, 7) is 2.81. The van der Waals surface area contributed by atoms with Crippen LogP contribution in [0.15, 0.2) is 24.3 Å². The highest BCUT2D eigenvalue weighted by Crippen LogP contribution is 2.47. The smallest absolute Gasteiger partial charge is 0.406 e. The van der Waals surface area contributed by atoms with Crippen molar-refractivity contribution in [2.24, 2.45) is 5.41 Å². The molecule has 1 N–H and O–H groups in total. The summed E-state index contributed by atoms with van der Waals surface area (Å²) >= 11 is 0. The molecule has 8 heteroatoms. The molecule has 1 aliphatic carbocycles. The minimum Gasteiger partial charge on any atom is -0.406 e. The molecule has 1 saturated carbocycles. The first-order valence-electron chi connectivity index (χ1n) is 8.71. The number of aliphatic hydroxyl groups excluding tert-OH is 1. The number of hydrogen-bond donors (Lipinski definition) is 1. The zero-order valence-corrected chi connectivity index (χ0v) is 14.5. The molecular formula is C18H22F3NO4. The van der Waals surface area contributed by atoms with Gasteiger partial charge in [-0.2, -0.15) is 0 Å². The number of ether oxygens (including phenoxy) is 2. The number of rotatable bonds is 4. The van der Waals surface area contributed by atoms with Gasteiger partial charge in [-0.25, -0.2) is 0 Å². The van der Waals surface area contributed by atoms with Crippen LogP contribution < -0.4 is 9.64 Å². The van der Waals surface area contributed by atoms with Crippen molar-refractivity contribution >= 4 is 11.6 Å². The zero-order valence-electron chi connectivity index (χ0n) is 14.5. The summed E-state index contributed by atoms with van der Waals surface area (Å²) in [5.74, 6) is -0.376. The highest BCUT2D eigenvalue weighted by atomic mass is 19.4. The molecule has 3 atom stereocenters. The Morgan fingerprint density at radius 1 is 1.27 bits per heavy atom. The predicted octanol–water partition coefficient (Wildman–Crippen LogP) is 3.26. The van der Waals surface area contributed by atoms with E-state index in [1.165, 1.54) is 24.3 Å². The molecule has 1 saturated heterocycles. The van der Waals surface area contributed by atoms with E-state index >= 15 is 0 Å². The Hall–Kier alpha value is -1.80. The van der Waals surface area contributed by atoms with Crippen molar-refractivity contribution in [2.75, 3.05) is 18.1 Å². The first-order chi connectivity index (χ1) is 12.2. The van der Waals surface area contributed by atoms with E-state index in [4.69, 9.17) is 4.74 Å². The molecule has 3 rings (SSSR count). The molecule has 2 fully saturated rings. The first kappa shape index (κ1) is 19.0. The van der Waals surface area contributed by atoms with E-state index in [1.54, 1.807) is 4.90 Å². The van der Waals surface area contributed by atoms with Crippen molar-refractivity contribution in [1.29, 1.82) is 0 Å². The standard InChI is InChI=1S/C18H22F3NO4/c1-2-25-15-11-17(8-7-14(15)23)9-10-22(16(17)24)12-3-5-13(6-4-12)26-18(19,20)21/h3-6,14-15,23H,2,7-11H2,1H3/t14-,15-,17+/m0/s1. The van der Waals surface area contributed by atoms with Gasteiger partial charge in [0.15, 0.2) is 0 Å². The van der Waals surface area contributed by atoms with Gasteiger partial charge in [0.1, 0.15) is 5.75 Å². The molecule has 1 spiro atoms. The molecule has 1 amide bonds. The number of aliphatic hydroxyl groups is 1. The fourth-order valence-electron chi connectivity index (χ4n) is 3.93. The van der Waals surface area contributed by atoms with E-state index in [9.17, 15) is 23.1 Å². The highest BCUT2D eigenvalue weighted by molar-refractivity contribution is 6.00. The molecule has 1 aromatic rings. The third-order valence-electron chi connectivity index (χ3n) is 5.22. The average molecular weight is 373 g/mol. The molecule has 2 aliphatic rings. The lowest BCUT2D eigenvalue weighted by Gasteiger charge is -2.39. The molecule has 0 bridgehead atoms. The van der Waals surface area contributed by atoms with Crippen molar-refractivity contribution in [3.05, 3.63) is 24.3 Å². The van der Waals surface area contributed by atoms with Crippen LogP contribution >= 0.6 is 0 Å². The number of alkyl halides is 3. The van der Waals surface area contributed by atoms with Gasteiger partial charge in [-0.1, -0.05) is 0 Å². The van der Waals surface area contributed by atoms with Crippen LogP contribution in [0.1, 0.15) is 32.6 Å². The van der Waals surface area contributed by atoms with Crippen LogP contribution in [0.2, 0.25) is 0 Å². The molecular weight excluding hydrogens is 351 g/mol. The van der Waals surface area contributed by atoms with Crippen LogP contribution in [-0.2, 0) is 9.53 Å². The monoisotopic (exact) mass is 373 g/mol. The van der Waals surface area contributed by atoms with Crippen LogP contribution in [0.4, 0.5) is 18.9 Å². The van der Waals surface area contributed by atoms with E-state index in [1.807, 2.05) is 6.92 Å². The van der Waals surface area contributed by atoms with Gasteiger partial charge in [0.25, 0.3) is 0 Å². The maximum absolute atomic E-state index is 13.0. The van der Waals surface area contributed by atoms with Gasteiger partial charge in [0, 0.05) is 18.8 Å². The van der Waals surface area contributed by atoms with Gasteiger partial charge in [0.05, 0.1) is 17.6 Å². The van der Waals surface area contributed by atoms with Crippen LogP contribution in [0, 0.1) is 5.41 Å². The van der Waals surface area contributed by atoms with E-state index in [-0.39, 0.29) is 17.8 Å². The predicted molar refractivity (Wildman–Crippen MR) is 87.8 cm³/mol.